The molecule has 0 aromatic heterocycles. The molecule has 1 atom stereocenters. The van der Waals surface area contributed by atoms with Gasteiger partial charge in [-0.1, -0.05) is 15.9 Å². The van der Waals surface area contributed by atoms with Gasteiger partial charge in [-0.15, -0.1) is 11.8 Å². The van der Waals surface area contributed by atoms with Gasteiger partial charge in [0.15, 0.2) is 0 Å². The van der Waals surface area contributed by atoms with Crippen LogP contribution in [0.1, 0.15) is 6.92 Å². The van der Waals surface area contributed by atoms with E-state index in [0.717, 1.165) is 9.37 Å². The summed E-state index contributed by atoms with van der Waals surface area (Å²) in [6.07, 6.45) is 0. The molecule has 0 spiro atoms. The highest BCUT2D eigenvalue weighted by molar-refractivity contribution is 9.10. The number of anilines is 1. The molecule has 1 amide bonds. The van der Waals surface area contributed by atoms with Crippen molar-refractivity contribution in [3.8, 4) is 0 Å². The van der Waals surface area contributed by atoms with Crippen molar-refractivity contribution in [1.29, 1.82) is 0 Å². The molecule has 2 rings (SSSR count). The minimum atomic E-state index is -0.319. The summed E-state index contributed by atoms with van der Waals surface area (Å²) >= 11 is 4.85. The van der Waals surface area contributed by atoms with E-state index in [0.29, 0.717) is 5.69 Å². The predicted molar refractivity (Wildman–Crippen MR) is 84.5 cm³/mol. The van der Waals surface area contributed by atoms with Crippen LogP contribution in [0.25, 0.3) is 0 Å². The number of amides is 1. The number of carbonyl (C=O) groups is 1. The Morgan fingerprint density at radius 2 is 1.75 bits per heavy atom. The largest absolute Gasteiger partial charge is 0.325 e. The van der Waals surface area contributed by atoms with Gasteiger partial charge in [-0.25, -0.2) is 4.39 Å². The van der Waals surface area contributed by atoms with Crippen molar-refractivity contribution in [2.45, 2.75) is 17.1 Å². The van der Waals surface area contributed by atoms with Crippen LogP contribution in [0, 0.1) is 5.82 Å². The quantitative estimate of drug-likeness (QED) is 0.806. The number of nitrogens with one attached hydrogen (secondary N) is 1. The lowest BCUT2D eigenvalue weighted by molar-refractivity contribution is -0.115. The highest BCUT2D eigenvalue weighted by Crippen LogP contribution is 2.25. The van der Waals surface area contributed by atoms with Gasteiger partial charge in [0.25, 0.3) is 0 Å². The number of halogens is 2. The molecule has 0 saturated heterocycles. The van der Waals surface area contributed by atoms with Crippen molar-refractivity contribution < 1.29 is 9.18 Å². The van der Waals surface area contributed by atoms with Crippen LogP contribution in [0.15, 0.2) is 57.9 Å². The van der Waals surface area contributed by atoms with E-state index in [9.17, 15) is 9.18 Å². The van der Waals surface area contributed by atoms with Crippen molar-refractivity contribution in [2.75, 3.05) is 5.32 Å². The monoisotopic (exact) mass is 353 g/mol. The van der Waals surface area contributed by atoms with E-state index < -0.39 is 0 Å². The maximum atomic E-state index is 12.8. The maximum absolute atomic E-state index is 12.8. The summed E-state index contributed by atoms with van der Waals surface area (Å²) in [6.45, 7) is 1.84. The molecular weight excluding hydrogens is 341 g/mol. The average Bonchev–Trinajstić information content (AvgIpc) is 2.44. The Kier molecular flexibility index (Phi) is 5.20. The molecule has 1 N–H and O–H groups in total. The third-order valence-corrected chi connectivity index (χ3v) is 4.25. The number of hydrogen-bond acceptors (Lipinski definition) is 2. The fraction of sp³-hybridized carbons (Fsp3) is 0.133. The first-order valence-electron chi connectivity index (χ1n) is 6.03. The van der Waals surface area contributed by atoms with Gasteiger partial charge in [-0.3, -0.25) is 4.79 Å². The van der Waals surface area contributed by atoms with E-state index in [-0.39, 0.29) is 17.0 Å². The zero-order valence-electron chi connectivity index (χ0n) is 10.8. The van der Waals surface area contributed by atoms with E-state index in [2.05, 4.69) is 21.2 Å². The van der Waals surface area contributed by atoms with Crippen LogP contribution < -0.4 is 5.32 Å². The second-order valence-electron chi connectivity index (χ2n) is 4.21. The Hall–Kier alpha value is -1.33. The summed E-state index contributed by atoms with van der Waals surface area (Å²) in [6, 6.07) is 13.5. The van der Waals surface area contributed by atoms with Gasteiger partial charge in [0, 0.05) is 15.1 Å². The van der Waals surface area contributed by atoms with Crippen LogP contribution in [0.4, 0.5) is 10.1 Å². The Balaban J connectivity index is 1.94. The van der Waals surface area contributed by atoms with Crippen LogP contribution >= 0.6 is 27.7 Å². The normalized spacial score (nSPS) is 11.9. The van der Waals surface area contributed by atoms with Crippen LogP contribution in [-0.4, -0.2) is 11.2 Å². The number of benzene rings is 2. The minimum absolute atomic E-state index is 0.107. The maximum Gasteiger partial charge on any atom is 0.237 e. The predicted octanol–water partition coefficient (Wildman–Crippen LogP) is 4.71. The van der Waals surface area contributed by atoms with Crippen molar-refractivity contribution >= 4 is 39.3 Å². The van der Waals surface area contributed by atoms with E-state index in [1.807, 2.05) is 31.2 Å². The molecule has 0 aliphatic heterocycles. The number of hydrogen-bond donors (Lipinski definition) is 1. The SMILES string of the molecule is CC(Sc1ccc(Br)cc1)C(=O)Nc1ccc(F)cc1. The summed E-state index contributed by atoms with van der Waals surface area (Å²) in [5.41, 5.74) is 0.597. The van der Waals surface area contributed by atoms with Crippen molar-refractivity contribution in [1.82, 2.24) is 0 Å². The molecule has 2 aromatic carbocycles. The summed E-state index contributed by atoms with van der Waals surface area (Å²) in [5.74, 6) is -0.426. The molecule has 0 aliphatic rings. The van der Waals surface area contributed by atoms with Gasteiger partial charge >= 0.3 is 0 Å². The number of thioether (sulfide) groups is 1. The molecule has 0 fully saturated rings. The number of carbonyl (C=O) groups excluding carboxylic acids is 1. The summed E-state index contributed by atoms with van der Waals surface area (Å²) in [4.78, 5) is 13.1. The second kappa shape index (κ2) is 6.90. The van der Waals surface area contributed by atoms with E-state index >= 15 is 0 Å². The van der Waals surface area contributed by atoms with E-state index in [1.165, 1.54) is 23.9 Å². The third kappa shape index (κ3) is 4.35. The summed E-state index contributed by atoms with van der Waals surface area (Å²) < 4.78 is 13.8. The topological polar surface area (TPSA) is 29.1 Å². The lowest BCUT2D eigenvalue weighted by Crippen LogP contribution is -2.22. The van der Waals surface area contributed by atoms with Crippen LogP contribution in [0.3, 0.4) is 0 Å². The van der Waals surface area contributed by atoms with Gasteiger partial charge in [-0.2, -0.15) is 0 Å². The zero-order chi connectivity index (χ0) is 14.5. The molecular formula is C15H13BrFNOS. The molecule has 0 saturated carbocycles. The Morgan fingerprint density at radius 1 is 1.15 bits per heavy atom. The molecule has 5 heteroatoms. The molecule has 0 radical (unpaired) electrons. The molecule has 1 unspecified atom stereocenters. The fourth-order valence-corrected chi connectivity index (χ4v) is 2.68. The van der Waals surface area contributed by atoms with Crippen LogP contribution in [0.2, 0.25) is 0 Å². The van der Waals surface area contributed by atoms with Gasteiger partial charge in [0.05, 0.1) is 5.25 Å². The van der Waals surface area contributed by atoms with Crippen molar-refractivity contribution in [3.63, 3.8) is 0 Å². The van der Waals surface area contributed by atoms with Crippen LogP contribution in [-0.2, 0) is 4.79 Å². The fourth-order valence-electron chi connectivity index (χ4n) is 1.55. The molecule has 2 nitrogen and oxygen atoms in total. The molecule has 0 bridgehead atoms. The lowest BCUT2D eigenvalue weighted by atomic mass is 10.3. The first kappa shape index (κ1) is 15.1. The van der Waals surface area contributed by atoms with Gasteiger partial charge in [-0.05, 0) is 55.5 Å². The van der Waals surface area contributed by atoms with Crippen molar-refractivity contribution in [2.24, 2.45) is 0 Å². The molecule has 104 valence electrons. The summed E-state index contributed by atoms with van der Waals surface area (Å²) in [7, 11) is 0. The van der Waals surface area contributed by atoms with Gasteiger partial charge in [0.1, 0.15) is 5.82 Å². The third-order valence-electron chi connectivity index (χ3n) is 2.61. The second-order valence-corrected chi connectivity index (χ2v) is 6.54. The standard InChI is InChI=1S/C15H13BrFNOS/c1-10(20-14-8-2-11(16)3-9-14)15(19)18-13-6-4-12(17)5-7-13/h2-10H,1H3,(H,18,19). The first-order valence-corrected chi connectivity index (χ1v) is 7.70. The van der Waals surface area contributed by atoms with Gasteiger partial charge in [0.2, 0.25) is 5.91 Å². The summed E-state index contributed by atoms with van der Waals surface area (Å²) in [5, 5.41) is 2.53. The van der Waals surface area contributed by atoms with Gasteiger partial charge < -0.3 is 5.32 Å². The highest BCUT2D eigenvalue weighted by atomic mass is 79.9. The average molecular weight is 354 g/mol. The molecule has 2 aromatic rings. The smallest absolute Gasteiger partial charge is 0.237 e. The number of rotatable bonds is 4. The molecule has 20 heavy (non-hydrogen) atoms. The molecule has 0 heterocycles. The van der Waals surface area contributed by atoms with E-state index in [1.54, 1.807) is 12.1 Å². The zero-order valence-corrected chi connectivity index (χ0v) is 13.2. The lowest BCUT2D eigenvalue weighted by Gasteiger charge is -2.12. The van der Waals surface area contributed by atoms with Crippen molar-refractivity contribution in [3.05, 3.63) is 58.8 Å². The molecule has 0 aliphatic carbocycles. The first-order chi connectivity index (χ1) is 9.54. The highest BCUT2D eigenvalue weighted by Gasteiger charge is 2.14. The van der Waals surface area contributed by atoms with Crippen LogP contribution in [0.5, 0.6) is 0 Å². The Labute approximate surface area is 129 Å². The van der Waals surface area contributed by atoms with E-state index in [4.69, 9.17) is 0 Å². The Morgan fingerprint density at radius 3 is 2.35 bits per heavy atom. The Bertz CT molecular complexity index is 586. The minimum Gasteiger partial charge on any atom is -0.325 e.